The molecule has 0 spiro atoms. The van der Waals surface area contributed by atoms with Crippen molar-refractivity contribution in [3.05, 3.63) is 18.7 Å². The fraction of sp³-hybridized carbons (Fsp3) is 0.800. The molecule has 0 aromatic carbocycles. The lowest BCUT2D eigenvalue weighted by molar-refractivity contribution is -0.127. The first-order valence-electron chi connectivity index (χ1n) is 10.3. The molecule has 2 aliphatic carbocycles. The molecule has 0 bridgehead atoms. The van der Waals surface area contributed by atoms with Gasteiger partial charge in [-0.05, 0) is 50.4 Å². The predicted octanol–water partition coefficient (Wildman–Crippen LogP) is 1.67. The molecule has 6 nitrogen and oxygen atoms in total. The van der Waals surface area contributed by atoms with E-state index >= 15 is 0 Å². The van der Waals surface area contributed by atoms with Crippen LogP contribution in [0.15, 0.2) is 18.7 Å². The zero-order valence-corrected chi connectivity index (χ0v) is 15.5. The number of nitrogens with zero attached hydrogens (tertiary/aromatic N) is 3. The van der Waals surface area contributed by atoms with Crippen molar-refractivity contribution in [3.63, 3.8) is 0 Å². The van der Waals surface area contributed by atoms with E-state index in [0.29, 0.717) is 18.0 Å². The van der Waals surface area contributed by atoms with E-state index < -0.39 is 0 Å². The van der Waals surface area contributed by atoms with Gasteiger partial charge in [0.15, 0.2) is 0 Å². The van der Waals surface area contributed by atoms with Crippen LogP contribution in [0.25, 0.3) is 0 Å². The minimum Gasteiger partial charge on any atom is -0.381 e. The number of rotatable bonds is 6. The zero-order chi connectivity index (χ0) is 17.6. The largest absolute Gasteiger partial charge is 0.381 e. The molecule has 3 heterocycles. The Kier molecular flexibility index (Phi) is 4.28. The number of nitrogens with one attached hydrogen (secondary N) is 1. The van der Waals surface area contributed by atoms with E-state index in [2.05, 4.69) is 15.2 Å². The number of likely N-dealkylation sites (tertiary alicyclic amines) is 1. The molecule has 2 saturated carbocycles. The van der Waals surface area contributed by atoms with Crippen molar-refractivity contribution in [2.45, 2.75) is 57.2 Å². The first kappa shape index (κ1) is 16.8. The van der Waals surface area contributed by atoms with E-state index in [1.807, 2.05) is 17.1 Å². The van der Waals surface area contributed by atoms with E-state index in [-0.39, 0.29) is 11.3 Å². The Labute approximate surface area is 155 Å². The van der Waals surface area contributed by atoms with Crippen LogP contribution in [0.3, 0.4) is 0 Å². The van der Waals surface area contributed by atoms with E-state index in [9.17, 15) is 4.79 Å². The van der Waals surface area contributed by atoms with E-state index in [1.54, 1.807) is 6.20 Å². The Bertz CT molecular complexity index is 632. The summed E-state index contributed by atoms with van der Waals surface area (Å²) >= 11 is 0. The summed E-state index contributed by atoms with van der Waals surface area (Å²) in [5.41, 5.74) is -0.194. The molecule has 2 saturated heterocycles. The van der Waals surface area contributed by atoms with E-state index in [4.69, 9.17) is 4.74 Å². The van der Waals surface area contributed by atoms with Crippen LogP contribution in [0.2, 0.25) is 0 Å². The van der Waals surface area contributed by atoms with Gasteiger partial charge in [-0.2, -0.15) is 0 Å². The molecule has 1 amide bonds. The molecule has 2 aliphatic heterocycles. The predicted molar refractivity (Wildman–Crippen MR) is 97.5 cm³/mol. The molecule has 2 atom stereocenters. The molecule has 4 aliphatic rings. The quantitative estimate of drug-likeness (QED) is 0.840. The highest BCUT2D eigenvalue weighted by molar-refractivity contribution is 5.85. The Morgan fingerprint density at radius 1 is 1.19 bits per heavy atom. The van der Waals surface area contributed by atoms with Gasteiger partial charge < -0.3 is 14.6 Å². The number of aromatic nitrogens is 2. The van der Waals surface area contributed by atoms with Crippen molar-refractivity contribution in [2.75, 3.05) is 26.3 Å². The fourth-order valence-corrected chi connectivity index (χ4v) is 5.02. The maximum absolute atomic E-state index is 13.1. The second-order valence-electron chi connectivity index (χ2n) is 8.89. The average molecular weight is 358 g/mol. The number of hydrogen-bond acceptors (Lipinski definition) is 4. The summed E-state index contributed by atoms with van der Waals surface area (Å²) in [5.74, 6) is 1.75. The van der Waals surface area contributed by atoms with Crippen LogP contribution in [-0.2, 0) is 16.1 Å². The molecule has 6 heteroatoms. The zero-order valence-electron chi connectivity index (χ0n) is 15.5. The van der Waals surface area contributed by atoms with Gasteiger partial charge >= 0.3 is 0 Å². The molecular formula is C20H30N4O2. The van der Waals surface area contributed by atoms with Gasteiger partial charge in [0.2, 0.25) is 5.91 Å². The summed E-state index contributed by atoms with van der Waals surface area (Å²) in [7, 11) is 0. The van der Waals surface area contributed by atoms with Crippen molar-refractivity contribution >= 4 is 5.91 Å². The van der Waals surface area contributed by atoms with Crippen molar-refractivity contribution in [1.29, 1.82) is 0 Å². The summed E-state index contributed by atoms with van der Waals surface area (Å²) in [5, 5.41) is 3.49. The van der Waals surface area contributed by atoms with Gasteiger partial charge in [-0.15, -0.1) is 0 Å². The molecule has 4 fully saturated rings. The third-order valence-electron chi connectivity index (χ3n) is 7.02. The van der Waals surface area contributed by atoms with E-state index in [0.717, 1.165) is 64.4 Å². The van der Waals surface area contributed by atoms with Gasteiger partial charge in [0.1, 0.15) is 0 Å². The highest BCUT2D eigenvalue weighted by Crippen LogP contribution is 2.48. The topological polar surface area (TPSA) is 59.4 Å². The SMILES string of the molecule is O=C(NC1CN(C2CCOCC2)CC1C1CC1)C1(Cn2ccnc2)CC1. The molecule has 1 N–H and O–H groups in total. The summed E-state index contributed by atoms with van der Waals surface area (Å²) in [6.45, 7) is 4.73. The van der Waals surface area contributed by atoms with Gasteiger partial charge in [0.25, 0.3) is 0 Å². The number of carbonyl (C=O) groups excluding carboxylic acids is 1. The minimum absolute atomic E-state index is 0.194. The summed E-state index contributed by atoms with van der Waals surface area (Å²) in [6.07, 6.45) is 12.6. The molecule has 1 aromatic heterocycles. The molecular weight excluding hydrogens is 328 g/mol. The van der Waals surface area contributed by atoms with Crippen molar-refractivity contribution < 1.29 is 9.53 Å². The van der Waals surface area contributed by atoms with Crippen molar-refractivity contribution in [1.82, 2.24) is 19.8 Å². The van der Waals surface area contributed by atoms with Crippen LogP contribution < -0.4 is 5.32 Å². The summed E-state index contributed by atoms with van der Waals surface area (Å²) < 4.78 is 7.59. The summed E-state index contributed by atoms with van der Waals surface area (Å²) in [4.78, 5) is 19.9. The number of amides is 1. The normalized spacial score (nSPS) is 31.8. The van der Waals surface area contributed by atoms with Crippen LogP contribution in [0.5, 0.6) is 0 Å². The molecule has 5 rings (SSSR count). The monoisotopic (exact) mass is 358 g/mol. The van der Waals surface area contributed by atoms with Gasteiger partial charge in [-0.1, -0.05) is 0 Å². The molecule has 1 aromatic rings. The number of carbonyl (C=O) groups is 1. The first-order chi connectivity index (χ1) is 12.7. The number of ether oxygens (including phenoxy) is 1. The second kappa shape index (κ2) is 6.64. The number of hydrogen-bond donors (Lipinski definition) is 1. The van der Waals surface area contributed by atoms with Crippen molar-refractivity contribution in [2.24, 2.45) is 17.3 Å². The van der Waals surface area contributed by atoms with Crippen LogP contribution in [0.1, 0.15) is 38.5 Å². The summed E-state index contributed by atoms with van der Waals surface area (Å²) in [6, 6.07) is 0.978. The lowest BCUT2D eigenvalue weighted by Gasteiger charge is -2.31. The lowest BCUT2D eigenvalue weighted by Crippen LogP contribution is -2.46. The van der Waals surface area contributed by atoms with Gasteiger partial charge in [-0.3, -0.25) is 9.69 Å². The number of imidazole rings is 1. The Morgan fingerprint density at radius 3 is 2.65 bits per heavy atom. The average Bonchev–Trinajstić information content (AvgIpc) is 3.56. The third kappa shape index (κ3) is 3.29. The van der Waals surface area contributed by atoms with Gasteiger partial charge in [0.05, 0.1) is 11.7 Å². The smallest absolute Gasteiger partial charge is 0.228 e. The molecule has 142 valence electrons. The Morgan fingerprint density at radius 2 is 2.00 bits per heavy atom. The fourth-order valence-electron chi connectivity index (χ4n) is 5.02. The maximum atomic E-state index is 13.1. The second-order valence-corrected chi connectivity index (χ2v) is 8.89. The minimum atomic E-state index is -0.194. The van der Waals surface area contributed by atoms with Gasteiger partial charge in [0, 0.05) is 57.3 Å². The Balaban J connectivity index is 1.24. The van der Waals surface area contributed by atoms with Crippen LogP contribution in [-0.4, -0.2) is 58.7 Å². The van der Waals surface area contributed by atoms with E-state index in [1.165, 1.54) is 12.8 Å². The van der Waals surface area contributed by atoms with Crippen LogP contribution in [0, 0.1) is 17.3 Å². The van der Waals surface area contributed by atoms with Crippen molar-refractivity contribution in [3.8, 4) is 0 Å². The standard InChI is InChI=1S/C20H30N4O2/c25-19(20(5-6-20)13-23-8-7-21-14-23)22-18-12-24(11-17(18)15-1-2-15)16-3-9-26-10-4-16/h7-8,14-18H,1-6,9-13H2,(H,22,25). The molecule has 0 radical (unpaired) electrons. The van der Waals surface area contributed by atoms with Gasteiger partial charge in [-0.25, -0.2) is 4.98 Å². The molecule has 26 heavy (non-hydrogen) atoms. The van der Waals surface area contributed by atoms with Crippen LogP contribution in [0.4, 0.5) is 0 Å². The third-order valence-corrected chi connectivity index (χ3v) is 7.02. The van der Waals surface area contributed by atoms with Crippen LogP contribution >= 0.6 is 0 Å². The maximum Gasteiger partial charge on any atom is 0.228 e. The molecule has 2 unspecified atom stereocenters. The first-order valence-corrected chi connectivity index (χ1v) is 10.3. The Hall–Kier alpha value is -1.40. The highest BCUT2D eigenvalue weighted by Gasteiger charge is 2.52. The lowest BCUT2D eigenvalue weighted by atomic mass is 9.96. The highest BCUT2D eigenvalue weighted by atomic mass is 16.5.